The van der Waals surface area contributed by atoms with E-state index in [1.165, 1.54) is 26.2 Å². The van der Waals surface area contributed by atoms with Crippen LogP contribution in [0.1, 0.15) is 18.4 Å². The molecule has 0 spiro atoms. The van der Waals surface area contributed by atoms with Gasteiger partial charge in [-0.15, -0.1) is 0 Å². The lowest BCUT2D eigenvalue weighted by Gasteiger charge is -2.14. The summed E-state index contributed by atoms with van der Waals surface area (Å²) in [4.78, 5) is 10.8. The summed E-state index contributed by atoms with van der Waals surface area (Å²) in [6, 6.07) is 2.69. The van der Waals surface area contributed by atoms with E-state index in [4.69, 9.17) is 9.84 Å². The highest BCUT2D eigenvalue weighted by Crippen LogP contribution is 2.35. The van der Waals surface area contributed by atoms with Crippen molar-refractivity contribution in [2.45, 2.75) is 12.8 Å². The Morgan fingerprint density at radius 2 is 2.20 bits per heavy atom. The zero-order valence-electron chi connectivity index (χ0n) is 8.25. The molecule has 0 aliphatic heterocycles. The molecule has 0 saturated carbocycles. The fraction of sp³-hybridized carbons (Fsp3) is 0.300. The molecule has 0 bridgehead atoms. The van der Waals surface area contributed by atoms with Crippen molar-refractivity contribution in [1.82, 2.24) is 0 Å². The summed E-state index contributed by atoms with van der Waals surface area (Å²) in [7, 11) is 1.37. The number of carboxylic acids is 1. The van der Waals surface area contributed by atoms with Crippen molar-refractivity contribution in [1.29, 1.82) is 0 Å². The lowest BCUT2D eigenvalue weighted by Crippen LogP contribution is -2.11. The largest absolute Gasteiger partial charge is 0.495 e. The lowest BCUT2D eigenvalue weighted by molar-refractivity contribution is -0.138. The molecule has 0 heterocycles. The van der Waals surface area contributed by atoms with Crippen molar-refractivity contribution in [2.24, 2.45) is 0 Å². The maximum absolute atomic E-state index is 13.5. The van der Waals surface area contributed by atoms with E-state index >= 15 is 0 Å². The number of carboxylic acid groups (broad SMARTS) is 1. The zero-order valence-corrected chi connectivity index (χ0v) is 9.84. The van der Waals surface area contributed by atoms with Gasteiger partial charge in [-0.1, -0.05) is 0 Å². The second-order valence-electron chi connectivity index (χ2n) is 3.04. The first-order chi connectivity index (χ1) is 6.99. The van der Waals surface area contributed by atoms with Gasteiger partial charge in [0.05, 0.1) is 17.5 Å². The third kappa shape index (κ3) is 2.28. The Balaban J connectivity index is 3.37. The normalized spacial score (nSPS) is 12.3. The maximum atomic E-state index is 13.5. The standard InChI is InChI=1S/C10H10BrFO3/c1-5(10(13)14)8-7(12)4-3-6(11)9(8)15-2/h3-5H,1-2H3,(H,13,14). The first-order valence-corrected chi connectivity index (χ1v) is 5.03. The van der Waals surface area contributed by atoms with E-state index in [0.717, 1.165) is 0 Å². The quantitative estimate of drug-likeness (QED) is 0.924. The summed E-state index contributed by atoms with van der Waals surface area (Å²) in [5, 5.41) is 8.83. The van der Waals surface area contributed by atoms with E-state index in [-0.39, 0.29) is 11.3 Å². The molecule has 0 aliphatic carbocycles. The van der Waals surface area contributed by atoms with Crippen molar-refractivity contribution < 1.29 is 19.0 Å². The molecule has 0 aliphatic rings. The number of ether oxygens (including phenoxy) is 1. The number of hydrogen-bond acceptors (Lipinski definition) is 2. The molecule has 0 amide bonds. The Morgan fingerprint density at radius 1 is 1.60 bits per heavy atom. The minimum Gasteiger partial charge on any atom is -0.495 e. The van der Waals surface area contributed by atoms with Crippen LogP contribution in [0.3, 0.4) is 0 Å². The molecule has 0 radical (unpaired) electrons. The van der Waals surface area contributed by atoms with Crippen molar-refractivity contribution in [3.05, 3.63) is 28.0 Å². The van der Waals surface area contributed by atoms with Crippen LogP contribution in [0.5, 0.6) is 5.75 Å². The van der Waals surface area contributed by atoms with Gasteiger partial charge >= 0.3 is 5.97 Å². The van der Waals surface area contributed by atoms with Crippen LogP contribution in [0.2, 0.25) is 0 Å². The van der Waals surface area contributed by atoms with Crippen LogP contribution in [0.25, 0.3) is 0 Å². The minimum atomic E-state index is -1.09. The van der Waals surface area contributed by atoms with Crippen LogP contribution < -0.4 is 4.74 Å². The highest BCUT2D eigenvalue weighted by atomic mass is 79.9. The van der Waals surface area contributed by atoms with E-state index in [0.29, 0.717) is 4.47 Å². The Hall–Kier alpha value is -1.10. The topological polar surface area (TPSA) is 46.5 Å². The molecule has 1 rings (SSSR count). The molecule has 3 nitrogen and oxygen atoms in total. The molecule has 82 valence electrons. The summed E-state index contributed by atoms with van der Waals surface area (Å²) >= 11 is 3.17. The lowest BCUT2D eigenvalue weighted by atomic mass is 10.00. The molecule has 1 unspecified atom stereocenters. The highest BCUT2D eigenvalue weighted by Gasteiger charge is 2.23. The number of methoxy groups -OCH3 is 1. The first-order valence-electron chi connectivity index (χ1n) is 4.23. The Labute approximate surface area is 95.0 Å². The number of rotatable bonds is 3. The van der Waals surface area contributed by atoms with Crippen molar-refractivity contribution in [3.63, 3.8) is 0 Å². The van der Waals surface area contributed by atoms with Crippen LogP contribution in [0.15, 0.2) is 16.6 Å². The predicted molar refractivity (Wildman–Crippen MR) is 56.7 cm³/mol. The summed E-state index contributed by atoms with van der Waals surface area (Å²) in [5.41, 5.74) is 0.0550. The Kier molecular flexibility index (Phi) is 3.68. The number of hydrogen-bond donors (Lipinski definition) is 1. The summed E-state index contributed by atoms with van der Waals surface area (Å²) in [6.07, 6.45) is 0. The molecule has 1 N–H and O–H groups in total. The van der Waals surface area contributed by atoms with Crippen LogP contribution in [-0.4, -0.2) is 18.2 Å². The van der Waals surface area contributed by atoms with Crippen LogP contribution in [0, 0.1) is 5.82 Å². The van der Waals surface area contributed by atoms with Gasteiger partial charge < -0.3 is 9.84 Å². The predicted octanol–water partition coefficient (Wildman–Crippen LogP) is 2.78. The van der Waals surface area contributed by atoms with Gasteiger partial charge in [0.2, 0.25) is 0 Å². The summed E-state index contributed by atoms with van der Waals surface area (Å²) < 4.78 is 19.0. The molecule has 15 heavy (non-hydrogen) atoms. The van der Waals surface area contributed by atoms with Crippen molar-refractivity contribution in [2.75, 3.05) is 7.11 Å². The van der Waals surface area contributed by atoms with Gasteiger partial charge in [0.1, 0.15) is 11.6 Å². The minimum absolute atomic E-state index is 0.0550. The van der Waals surface area contributed by atoms with Gasteiger partial charge in [-0.2, -0.15) is 0 Å². The molecule has 0 aromatic heterocycles. The first kappa shape index (κ1) is 12.0. The van der Waals surface area contributed by atoms with E-state index in [2.05, 4.69) is 15.9 Å². The Morgan fingerprint density at radius 3 is 2.67 bits per heavy atom. The van der Waals surface area contributed by atoms with Gasteiger partial charge in [0.25, 0.3) is 0 Å². The van der Waals surface area contributed by atoms with Crippen LogP contribution in [-0.2, 0) is 4.79 Å². The molecule has 0 fully saturated rings. The van der Waals surface area contributed by atoms with Crippen molar-refractivity contribution >= 4 is 21.9 Å². The van der Waals surface area contributed by atoms with Crippen molar-refractivity contribution in [3.8, 4) is 5.75 Å². The average Bonchev–Trinajstić information content (AvgIpc) is 2.19. The van der Waals surface area contributed by atoms with E-state index in [1.54, 1.807) is 0 Å². The highest BCUT2D eigenvalue weighted by molar-refractivity contribution is 9.10. The smallest absolute Gasteiger partial charge is 0.310 e. The van der Waals surface area contributed by atoms with Crippen LogP contribution >= 0.6 is 15.9 Å². The maximum Gasteiger partial charge on any atom is 0.310 e. The third-order valence-corrected chi connectivity index (χ3v) is 2.73. The molecule has 1 aromatic carbocycles. The van der Waals surface area contributed by atoms with Gasteiger partial charge in [-0.05, 0) is 35.0 Å². The van der Waals surface area contributed by atoms with Crippen LogP contribution in [0.4, 0.5) is 4.39 Å². The summed E-state index contributed by atoms with van der Waals surface area (Å²) in [5.74, 6) is -2.39. The molecule has 1 aromatic rings. The molecule has 1 atom stereocenters. The van der Waals surface area contributed by atoms with Gasteiger partial charge in [0, 0.05) is 5.56 Å². The molecular weight excluding hydrogens is 267 g/mol. The SMILES string of the molecule is COc1c(Br)ccc(F)c1C(C)C(=O)O. The second-order valence-corrected chi connectivity index (χ2v) is 3.89. The number of aliphatic carboxylic acids is 1. The average molecular weight is 277 g/mol. The zero-order chi connectivity index (χ0) is 11.6. The Bertz CT molecular complexity index is 392. The second kappa shape index (κ2) is 4.61. The fourth-order valence-corrected chi connectivity index (χ4v) is 1.79. The fourth-order valence-electron chi connectivity index (χ4n) is 1.28. The summed E-state index contributed by atoms with van der Waals surface area (Å²) in [6.45, 7) is 1.41. The van der Waals surface area contributed by atoms with Gasteiger partial charge in [0.15, 0.2) is 0 Å². The molecule has 5 heteroatoms. The number of carbonyl (C=O) groups is 1. The van der Waals surface area contributed by atoms with E-state index in [1.807, 2.05) is 0 Å². The van der Waals surface area contributed by atoms with Gasteiger partial charge in [-0.3, -0.25) is 4.79 Å². The number of benzene rings is 1. The number of halogens is 2. The monoisotopic (exact) mass is 276 g/mol. The van der Waals surface area contributed by atoms with E-state index in [9.17, 15) is 9.18 Å². The third-order valence-electron chi connectivity index (χ3n) is 2.10. The molecular formula is C10H10BrFO3. The van der Waals surface area contributed by atoms with E-state index < -0.39 is 17.7 Å². The van der Waals surface area contributed by atoms with Gasteiger partial charge in [-0.25, -0.2) is 4.39 Å². The molecule has 0 saturated heterocycles.